The van der Waals surface area contributed by atoms with Crippen LogP contribution in [0.1, 0.15) is 39.5 Å². The van der Waals surface area contributed by atoms with Gasteiger partial charge in [0.25, 0.3) is 0 Å². The van der Waals surface area contributed by atoms with Gasteiger partial charge in [-0.3, -0.25) is 0 Å². The first-order valence-corrected chi connectivity index (χ1v) is 5.89. The van der Waals surface area contributed by atoms with Crippen molar-refractivity contribution in [3.8, 4) is 0 Å². The van der Waals surface area contributed by atoms with Crippen molar-refractivity contribution < 1.29 is 4.74 Å². The SMILES string of the molecule is COCCC(C)C1CC(C)CCC1N. The van der Waals surface area contributed by atoms with Crippen LogP contribution in [-0.2, 0) is 4.74 Å². The second-order valence-corrected chi connectivity index (χ2v) is 5.00. The third-order valence-electron chi connectivity index (χ3n) is 3.73. The zero-order valence-electron chi connectivity index (χ0n) is 9.83. The quantitative estimate of drug-likeness (QED) is 0.754. The fourth-order valence-electron chi connectivity index (χ4n) is 2.62. The molecule has 0 amide bonds. The summed E-state index contributed by atoms with van der Waals surface area (Å²) >= 11 is 0. The van der Waals surface area contributed by atoms with Gasteiger partial charge in [-0.25, -0.2) is 0 Å². The molecule has 0 aromatic carbocycles. The van der Waals surface area contributed by atoms with E-state index >= 15 is 0 Å². The standard InChI is InChI=1S/C12H25NO/c1-9-4-5-12(13)11(8-9)10(2)6-7-14-3/h9-12H,4-8,13H2,1-3H3. The van der Waals surface area contributed by atoms with Crippen LogP contribution >= 0.6 is 0 Å². The highest BCUT2D eigenvalue weighted by Gasteiger charge is 2.29. The topological polar surface area (TPSA) is 35.2 Å². The summed E-state index contributed by atoms with van der Waals surface area (Å²) in [5.41, 5.74) is 6.17. The second kappa shape index (κ2) is 5.72. The van der Waals surface area contributed by atoms with Crippen LogP contribution in [0.15, 0.2) is 0 Å². The number of rotatable bonds is 4. The maximum atomic E-state index is 6.17. The molecule has 1 rings (SSSR count). The third kappa shape index (κ3) is 3.25. The smallest absolute Gasteiger partial charge is 0.0464 e. The van der Waals surface area contributed by atoms with Gasteiger partial charge in [-0.2, -0.15) is 0 Å². The largest absolute Gasteiger partial charge is 0.385 e. The average Bonchev–Trinajstić information content (AvgIpc) is 2.18. The number of ether oxygens (including phenoxy) is 1. The molecule has 0 saturated heterocycles. The van der Waals surface area contributed by atoms with Crippen molar-refractivity contribution in [3.63, 3.8) is 0 Å². The van der Waals surface area contributed by atoms with Crippen LogP contribution in [-0.4, -0.2) is 19.8 Å². The molecule has 0 aliphatic heterocycles. The van der Waals surface area contributed by atoms with E-state index in [1.165, 1.54) is 19.3 Å². The molecule has 1 aliphatic carbocycles. The van der Waals surface area contributed by atoms with Crippen molar-refractivity contribution in [2.45, 2.75) is 45.6 Å². The Morgan fingerprint density at radius 1 is 1.43 bits per heavy atom. The van der Waals surface area contributed by atoms with Gasteiger partial charge in [-0.05, 0) is 43.4 Å². The molecule has 0 aromatic rings. The molecule has 0 spiro atoms. The first kappa shape index (κ1) is 12.0. The van der Waals surface area contributed by atoms with Gasteiger partial charge >= 0.3 is 0 Å². The van der Waals surface area contributed by atoms with E-state index in [1.807, 2.05) is 0 Å². The molecule has 2 nitrogen and oxygen atoms in total. The minimum absolute atomic E-state index is 0.429. The van der Waals surface area contributed by atoms with Crippen LogP contribution in [0.2, 0.25) is 0 Å². The van der Waals surface area contributed by atoms with Gasteiger partial charge in [-0.1, -0.05) is 13.8 Å². The van der Waals surface area contributed by atoms with E-state index in [9.17, 15) is 0 Å². The summed E-state index contributed by atoms with van der Waals surface area (Å²) in [5.74, 6) is 2.30. The first-order valence-electron chi connectivity index (χ1n) is 5.89. The zero-order chi connectivity index (χ0) is 10.6. The maximum Gasteiger partial charge on any atom is 0.0464 e. The van der Waals surface area contributed by atoms with Crippen LogP contribution < -0.4 is 5.73 Å². The summed E-state index contributed by atoms with van der Waals surface area (Å²) in [5, 5.41) is 0. The number of methoxy groups -OCH3 is 1. The van der Waals surface area contributed by atoms with E-state index in [0.717, 1.165) is 18.9 Å². The lowest BCUT2D eigenvalue weighted by atomic mass is 9.72. The molecule has 84 valence electrons. The minimum Gasteiger partial charge on any atom is -0.385 e. The van der Waals surface area contributed by atoms with E-state index < -0.39 is 0 Å². The van der Waals surface area contributed by atoms with Crippen LogP contribution in [0.5, 0.6) is 0 Å². The molecule has 0 bridgehead atoms. The molecule has 0 radical (unpaired) electrons. The van der Waals surface area contributed by atoms with Crippen molar-refractivity contribution in [3.05, 3.63) is 0 Å². The lowest BCUT2D eigenvalue weighted by Gasteiger charge is -2.36. The Bertz CT molecular complexity index is 160. The minimum atomic E-state index is 0.429. The highest BCUT2D eigenvalue weighted by molar-refractivity contribution is 4.84. The Morgan fingerprint density at radius 3 is 2.79 bits per heavy atom. The van der Waals surface area contributed by atoms with E-state index in [0.29, 0.717) is 17.9 Å². The number of nitrogens with two attached hydrogens (primary N) is 1. The Balaban J connectivity index is 2.38. The summed E-state index contributed by atoms with van der Waals surface area (Å²) in [6.07, 6.45) is 4.99. The summed E-state index contributed by atoms with van der Waals surface area (Å²) in [6, 6.07) is 0.429. The molecule has 1 aliphatic rings. The molecule has 2 N–H and O–H groups in total. The molecule has 4 atom stereocenters. The van der Waals surface area contributed by atoms with Crippen molar-refractivity contribution in [1.29, 1.82) is 0 Å². The van der Waals surface area contributed by atoms with Crippen LogP contribution in [0.4, 0.5) is 0 Å². The normalized spacial score (nSPS) is 35.6. The molecular weight excluding hydrogens is 174 g/mol. The predicted molar refractivity (Wildman–Crippen MR) is 60.1 cm³/mol. The van der Waals surface area contributed by atoms with E-state index in [1.54, 1.807) is 7.11 Å². The third-order valence-corrected chi connectivity index (χ3v) is 3.73. The van der Waals surface area contributed by atoms with Crippen LogP contribution in [0.25, 0.3) is 0 Å². The second-order valence-electron chi connectivity index (χ2n) is 5.00. The predicted octanol–water partition coefficient (Wildman–Crippen LogP) is 2.42. The summed E-state index contributed by atoms with van der Waals surface area (Å²) < 4.78 is 5.12. The number of hydrogen-bond acceptors (Lipinski definition) is 2. The van der Waals surface area contributed by atoms with Crippen molar-refractivity contribution in [2.24, 2.45) is 23.5 Å². The van der Waals surface area contributed by atoms with Gasteiger partial charge in [0.1, 0.15) is 0 Å². The molecule has 0 aromatic heterocycles. The Kier molecular flexibility index (Phi) is 4.90. The summed E-state index contributed by atoms with van der Waals surface area (Å²) in [7, 11) is 1.77. The molecule has 1 fully saturated rings. The van der Waals surface area contributed by atoms with E-state index in [4.69, 9.17) is 10.5 Å². The fourth-order valence-corrected chi connectivity index (χ4v) is 2.62. The van der Waals surface area contributed by atoms with Gasteiger partial charge in [0.15, 0.2) is 0 Å². The van der Waals surface area contributed by atoms with E-state index in [2.05, 4.69) is 13.8 Å². The molecule has 0 heterocycles. The Labute approximate surface area is 88.2 Å². The number of hydrogen-bond donors (Lipinski definition) is 1. The van der Waals surface area contributed by atoms with Gasteiger partial charge in [-0.15, -0.1) is 0 Å². The summed E-state index contributed by atoms with van der Waals surface area (Å²) in [4.78, 5) is 0. The van der Waals surface area contributed by atoms with Gasteiger partial charge in [0.2, 0.25) is 0 Å². The Hall–Kier alpha value is -0.0800. The summed E-state index contributed by atoms with van der Waals surface area (Å²) in [6.45, 7) is 5.54. The highest BCUT2D eigenvalue weighted by atomic mass is 16.5. The molecule has 2 heteroatoms. The van der Waals surface area contributed by atoms with Crippen molar-refractivity contribution >= 4 is 0 Å². The van der Waals surface area contributed by atoms with Crippen molar-refractivity contribution in [2.75, 3.05) is 13.7 Å². The highest BCUT2D eigenvalue weighted by Crippen LogP contribution is 2.34. The molecule has 1 saturated carbocycles. The molecular formula is C12H25NO. The Morgan fingerprint density at radius 2 is 2.14 bits per heavy atom. The van der Waals surface area contributed by atoms with Crippen molar-refractivity contribution in [1.82, 2.24) is 0 Å². The van der Waals surface area contributed by atoms with Gasteiger partial charge < -0.3 is 10.5 Å². The zero-order valence-corrected chi connectivity index (χ0v) is 9.83. The monoisotopic (exact) mass is 199 g/mol. The van der Waals surface area contributed by atoms with E-state index in [-0.39, 0.29) is 0 Å². The lowest BCUT2D eigenvalue weighted by molar-refractivity contribution is 0.131. The van der Waals surface area contributed by atoms with Gasteiger partial charge in [0.05, 0.1) is 0 Å². The van der Waals surface area contributed by atoms with Crippen LogP contribution in [0, 0.1) is 17.8 Å². The lowest BCUT2D eigenvalue weighted by Crippen LogP contribution is -2.39. The molecule has 14 heavy (non-hydrogen) atoms. The average molecular weight is 199 g/mol. The molecule has 4 unspecified atom stereocenters. The fraction of sp³-hybridized carbons (Fsp3) is 1.00. The first-order chi connectivity index (χ1) is 6.65. The maximum absolute atomic E-state index is 6.17. The van der Waals surface area contributed by atoms with Gasteiger partial charge in [0, 0.05) is 19.8 Å². The van der Waals surface area contributed by atoms with Crippen LogP contribution in [0.3, 0.4) is 0 Å².